The molecule has 3 aromatic heterocycles. The molecule has 8 nitrogen and oxygen atoms in total. The van der Waals surface area contributed by atoms with Gasteiger partial charge in [0.2, 0.25) is 5.88 Å². The van der Waals surface area contributed by atoms with E-state index in [-0.39, 0.29) is 0 Å². The number of hydrogen-bond acceptors (Lipinski definition) is 5. The van der Waals surface area contributed by atoms with Gasteiger partial charge < -0.3 is 4.74 Å². The molecule has 1 unspecified atom stereocenters. The van der Waals surface area contributed by atoms with Crippen LogP contribution in [0.5, 0.6) is 5.88 Å². The predicted octanol–water partition coefficient (Wildman–Crippen LogP) is 4.06. The van der Waals surface area contributed by atoms with Gasteiger partial charge in [0.05, 0.1) is 23.8 Å². The zero-order valence-electron chi connectivity index (χ0n) is 18.5. The van der Waals surface area contributed by atoms with Crippen molar-refractivity contribution in [2.24, 2.45) is 7.05 Å². The molecule has 10 heteroatoms. The molecule has 4 aromatic rings. The van der Waals surface area contributed by atoms with Crippen LogP contribution in [0, 0.1) is 26.2 Å². The molecular formula is C22H25IN7OP. The first-order valence-electron chi connectivity index (χ1n) is 10.1. The number of likely N-dealkylation sites (N-methyl/N-ethyl adjacent to an activating group) is 1. The van der Waals surface area contributed by atoms with Crippen LogP contribution in [0.4, 0.5) is 0 Å². The highest BCUT2D eigenvalue weighted by Gasteiger charge is 2.16. The van der Waals surface area contributed by atoms with Crippen molar-refractivity contribution in [2.45, 2.75) is 20.4 Å². The van der Waals surface area contributed by atoms with E-state index in [1.54, 1.807) is 0 Å². The molecule has 0 fully saturated rings. The van der Waals surface area contributed by atoms with Crippen molar-refractivity contribution in [3.63, 3.8) is 0 Å². The summed E-state index contributed by atoms with van der Waals surface area (Å²) in [6, 6.07) is 6.33. The first-order chi connectivity index (χ1) is 15.4. The van der Waals surface area contributed by atoms with Gasteiger partial charge in [-0.3, -0.25) is 14.7 Å². The molecule has 0 saturated carbocycles. The van der Waals surface area contributed by atoms with E-state index in [4.69, 9.17) is 11.2 Å². The summed E-state index contributed by atoms with van der Waals surface area (Å²) in [4.78, 5) is 2.22. The second-order valence-electron chi connectivity index (χ2n) is 7.71. The molecule has 4 rings (SSSR count). The van der Waals surface area contributed by atoms with Crippen LogP contribution in [0.1, 0.15) is 22.6 Å². The van der Waals surface area contributed by atoms with Crippen LogP contribution in [0.3, 0.4) is 0 Å². The third kappa shape index (κ3) is 4.40. The molecule has 1 N–H and O–H groups in total. The lowest BCUT2D eigenvalue weighted by Gasteiger charge is -2.18. The van der Waals surface area contributed by atoms with Crippen LogP contribution in [-0.4, -0.2) is 54.6 Å². The largest absolute Gasteiger partial charge is 0.475 e. The maximum absolute atomic E-state index is 5.84. The molecule has 0 radical (unpaired) electrons. The van der Waals surface area contributed by atoms with E-state index in [1.807, 2.05) is 36.2 Å². The Morgan fingerprint density at radius 1 is 1.34 bits per heavy atom. The predicted molar refractivity (Wildman–Crippen MR) is 137 cm³/mol. The van der Waals surface area contributed by atoms with Crippen molar-refractivity contribution in [3.05, 3.63) is 47.0 Å². The fourth-order valence-electron chi connectivity index (χ4n) is 3.58. The van der Waals surface area contributed by atoms with E-state index in [1.165, 1.54) is 0 Å². The summed E-state index contributed by atoms with van der Waals surface area (Å²) in [5.74, 6) is 3.39. The maximum Gasteiger partial charge on any atom is 0.235 e. The third-order valence-corrected chi connectivity index (χ3v) is 7.48. The molecular weight excluding hydrogens is 536 g/mol. The van der Waals surface area contributed by atoms with E-state index in [2.05, 4.69) is 78.5 Å². The zero-order chi connectivity index (χ0) is 22.8. The minimum atomic E-state index is 0.497. The molecule has 0 aliphatic rings. The topological polar surface area (TPSA) is 76.8 Å². The molecule has 3 heterocycles. The van der Waals surface area contributed by atoms with Gasteiger partial charge in [0.1, 0.15) is 12.3 Å². The first-order valence-corrected chi connectivity index (χ1v) is 14.2. The second-order valence-corrected chi connectivity index (χ2v) is 9.75. The number of aromatic amines is 1. The summed E-state index contributed by atoms with van der Waals surface area (Å²) in [6.07, 6.45) is 8.12. The van der Waals surface area contributed by atoms with Crippen LogP contribution >= 0.6 is 28.4 Å². The number of aromatic nitrogens is 6. The Labute approximate surface area is 202 Å². The average molecular weight is 561 g/mol. The summed E-state index contributed by atoms with van der Waals surface area (Å²) in [6.45, 7) is 6.05. The highest BCUT2D eigenvalue weighted by atomic mass is 127. The third-order valence-electron chi connectivity index (χ3n) is 5.61. The molecule has 0 amide bonds. The van der Waals surface area contributed by atoms with Crippen molar-refractivity contribution in [1.82, 2.24) is 34.4 Å². The van der Waals surface area contributed by atoms with Gasteiger partial charge in [-0.1, -0.05) is 6.07 Å². The molecule has 1 aromatic carbocycles. The van der Waals surface area contributed by atoms with Crippen LogP contribution in [-0.2, 0) is 13.6 Å². The summed E-state index contributed by atoms with van der Waals surface area (Å²) in [7, 11) is 4.05. The van der Waals surface area contributed by atoms with Gasteiger partial charge in [0, 0.05) is 42.3 Å². The van der Waals surface area contributed by atoms with Crippen molar-refractivity contribution in [2.75, 3.05) is 20.2 Å². The van der Waals surface area contributed by atoms with Crippen LogP contribution < -0.4 is 4.74 Å². The number of fused-ring (bicyclic) bond motifs is 1. The Morgan fingerprint density at radius 3 is 2.84 bits per heavy atom. The lowest BCUT2D eigenvalue weighted by molar-refractivity contribution is 0.223. The normalized spacial score (nSPS) is 11.8. The number of terminal acetylenes is 1. The van der Waals surface area contributed by atoms with Crippen LogP contribution in [0.15, 0.2) is 24.4 Å². The van der Waals surface area contributed by atoms with Crippen molar-refractivity contribution >= 4 is 39.3 Å². The molecule has 32 heavy (non-hydrogen) atoms. The van der Waals surface area contributed by atoms with E-state index < -0.39 is 0 Å². The minimum absolute atomic E-state index is 0.497. The maximum atomic E-state index is 5.84. The van der Waals surface area contributed by atoms with Crippen LogP contribution in [0.2, 0.25) is 0 Å². The lowest BCUT2D eigenvalue weighted by Crippen LogP contribution is -2.25. The number of nitrogens with zero attached hydrogens (tertiary/aromatic N) is 6. The summed E-state index contributed by atoms with van der Waals surface area (Å²) in [5.41, 5.74) is 7.11. The fourth-order valence-corrected chi connectivity index (χ4v) is 5.11. The number of benzene rings is 1. The number of halogens is 1. The summed E-state index contributed by atoms with van der Waals surface area (Å²) >= 11 is 2.32. The van der Waals surface area contributed by atoms with Gasteiger partial charge in [-0.05, 0) is 66.6 Å². The monoisotopic (exact) mass is 561 g/mol. The number of aryl methyl sites for hydroxylation is 2. The second kappa shape index (κ2) is 9.61. The Morgan fingerprint density at radius 2 is 2.16 bits per heavy atom. The molecule has 0 aliphatic heterocycles. The van der Waals surface area contributed by atoms with Gasteiger partial charge in [-0.25, -0.2) is 4.45 Å². The van der Waals surface area contributed by atoms with Crippen LogP contribution in [0.25, 0.3) is 22.0 Å². The Bertz CT molecular complexity index is 1300. The number of H-pyrrole nitrogens is 1. The average Bonchev–Trinajstić information content (AvgIpc) is 3.44. The van der Waals surface area contributed by atoms with Gasteiger partial charge in [-0.15, -0.1) is 11.5 Å². The molecule has 166 valence electrons. The highest BCUT2D eigenvalue weighted by Crippen LogP contribution is 2.33. The molecule has 0 aliphatic carbocycles. The highest BCUT2D eigenvalue weighted by molar-refractivity contribution is 14.2. The molecule has 0 saturated heterocycles. The van der Waals surface area contributed by atoms with Gasteiger partial charge in [-0.2, -0.15) is 10.2 Å². The van der Waals surface area contributed by atoms with Crippen molar-refractivity contribution in [1.29, 1.82) is 0 Å². The zero-order valence-corrected chi connectivity index (χ0v) is 21.6. The van der Waals surface area contributed by atoms with Gasteiger partial charge in [0.15, 0.2) is 0 Å². The molecule has 0 spiro atoms. The standard InChI is InChI=1S/C22H25IN7OP/c1-6-19-17-11-16(7-8-20(17)30(27-19)32-23)18-12-24-29(5)21(18)13-28(4)9-10-31-22-14(2)15(3)25-26-22/h1,7-8,11-12,32H,9-10,13H2,2-5H3,(H,25,26). The van der Waals surface area contributed by atoms with Gasteiger partial charge >= 0.3 is 0 Å². The number of hydrogen-bond donors (Lipinski definition) is 1. The SMILES string of the molecule is C#Cc1nn(PI)c2ccc(-c3cnn(C)c3CN(C)CCOc3n[nH]c(C)c3C)cc12. The van der Waals surface area contributed by atoms with Crippen molar-refractivity contribution in [3.8, 4) is 29.4 Å². The number of ether oxygens (including phenoxy) is 1. The first kappa shape index (κ1) is 22.8. The quantitative estimate of drug-likeness (QED) is 0.200. The molecule has 0 bridgehead atoms. The van der Waals surface area contributed by atoms with E-state index >= 15 is 0 Å². The summed E-state index contributed by atoms with van der Waals surface area (Å²) < 4.78 is 9.72. The molecule has 1 atom stereocenters. The van der Waals surface area contributed by atoms with E-state index in [0.29, 0.717) is 24.6 Å². The Hall–Kier alpha value is -2.41. The van der Waals surface area contributed by atoms with E-state index in [9.17, 15) is 0 Å². The summed E-state index contributed by atoms with van der Waals surface area (Å²) in [5, 5.41) is 17.2. The van der Waals surface area contributed by atoms with Crippen molar-refractivity contribution < 1.29 is 4.74 Å². The van der Waals surface area contributed by atoms with Gasteiger partial charge in [0.25, 0.3) is 0 Å². The lowest BCUT2D eigenvalue weighted by atomic mass is 10.0. The Balaban J connectivity index is 1.52. The Kier molecular flexibility index (Phi) is 6.84. The smallest absolute Gasteiger partial charge is 0.235 e. The fraction of sp³-hybridized carbons (Fsp3) is 0.318. The minimum Gasteiger partial charge on any atom is -0.475 e. The number of rotatable bonds is 8. The van der Waals surface area contributed by atoms with E-state index in [0.717, 1.165) is 52.1 Å². The number of nitrogens with one attached hydrogen (secondary N) is 1.